The molecular weight excluding hydrogens is 476 g/mol. The maximum atomic E-state index is 15.3. The molecule has 1 aromatic carbocycles. The summed E-state index contributed by atoms with van der Waals surface area (Å²) in [6.07, 6.45) is 4.81. The standard InChI is InChI=1S/C33H42O5/c1-20(2)14-16-30-18-23-24-28(5,6)19-38-33(30,37)31(24,17-15-21(3)4)27(36)32(26(30)35,29(23,7)8)25(34)22-12-10-9-11-13-22/h9-15,23-24,37H,16-19H2,1-8H3/t23-,24-,30-,31+,32+,33-/m0/s1. The van der Waals surface area contributed by atoms with Gasteiger partial charge in [-0.3, -0.25) is 14.4 Å². The number of aliphatic hydroxyl groups is 1. The van der Waals surface area contributed by atoms with Gasteiger partial charge in [0.25, 0.3) is 0 Å². The van der Waals surface area contributed by atoms with Crippen LogP contribution >= 0.6 is 0 Å². The SMILES string of the molecule is CC(C)=CC[C@@]12C[C@H]3[C@H]4C(C)(C)CO[C@]1(O)[C@@]4(CC=C(C)C)C(=O)[C@@](C(=O)c1ccccc1)(C2=O)C3(C)C. The van der Waals surface area contributed by atoms with Gasteiger partial charge in [0, 0.05) is 5.56 Å². The van der Waals surface area contributed by atoms with Crippen molar-refractivity contribution in [1.82, 2.24) is 0 Å². The molecule has 6 bridgehead atoms. The molecule has 4 saturated carbocycles. The number of carbonyl (C=O) groups excluding carboxylic acids is 3. The largest absolute Gasteiger partial charge is 0.364 e. The van der Waals surface area contributed by atoms with E-state index < -0.39 is 50.2 Å². The van der Waals surface area contributed by atoms with Crippen LogP contribution in [0.1, 0.15) is 85.0 Å². The van der Waals surface area contributed by atoms with Crippen molar-refractivity contribution in [3.63, 3.8) is 0 Å². The van der Waals surface area contributed by atoms with Crippen LogP contribution in [0.15, 0.2) is 53.6 Å². The number of benzene rings is 1. The zero-order valence-electron chi connectivity index (χ0n) is 24.1. The van der Waals surface area contributed by atoms with Gasteiger partial charge in [-0.05, 0) is 69.6 Å². The van der Waals surface area contributed by atoms with Crippen LogP contribution in [0.2, 0.25) is 0 Å². The third kappa shape index (κ3) is 2.82. The molecule has 5 fully saturated rings. The highest BCUT2D eigenvalue weighted by atomic mass is 16.6. The lowest BCUT2D eigenvalue weighted by molar-refractivity contribution is -0.422. The molecule has 204 valence electrons. The molecule has 1 N–H and O–H groups in total. The van der Waals surface area contributed by atoms with E-state index >= 15 is 9.59 Å². The van der Waals surface area contributed by atoms with Gasteiger partial charge in [0.05, 0.1) is 17.4 Å². The van der Waals surface area contributed by atoms with Gasteiger partial charge in [-0.15, -0.1) is 0 Å². The number of ketones is 3. The Labute approximate surface area is 226 Å². The van der Waals surface area contributed by atoms with Crippen LogP contribution in [0.5, 0.6) is 0 Å². The summed E-state index contributed by atoms with van der Waals surface area (Å²) in [5, 5.41) is 12.8. The van der Waals surface area contributed by atoms with Gasteiger partial charge in [-0.25, -0.2) is 0 Å². The molecule has 0 radical (unpaired) electrons. The van der Waals surface area contributed by atoms with Crippen LogP contribution in [0.4, 0.5) is 0 Å². The highest BCUT2D eigenvalue weighted by molar-refractivity contribution is 6.34. The molecule has 38 heavy (non-hydrogen) atoms. The summed E-state index contributed by atoms with van der Waals surface area (Å²) in [5.41, 5.74) is -3.71. The Bertz CT molecular complexity index is 1280. The Kier molecular flexibility index (Phi) is 5.78. The lowest BCUT2D eigenvalue weighted by Crippen LogP contribution is -2.91. The van der Waals surface area contributed by atoms with Gasteiger partial charge >= 0.3 is 0 Å². The molecule has 5 aliphatic rings. The highest BCUT2D eigenvalue weighted by Crippen LogP contribution is 2.82. The Hall–Kier alpha value is -2.37. The number of rotatable bonds is 6. The summed E-state index contributed by atoms with van der Waals surface area (Å²) in [6.45, 7) is 16.2. The van der Waals surface area contributed by atoms with Crippen LogP contribution in [-0.4, -0.2) is 34.9 Å². The van der Waals surface area contributed by atoms with E-state index in [9.17, 15) is 9.90 Å². The van der Waals surface area contributed by atoms with Crippen LogP contribution in [0.3, 0.4) is 0 Å². The molecule has 1 aliphatic heterocycles. The third-order valence-corrected chi connectivity index (χ3v) is 10.7. The molecule has 0 aromatic heterocycles. The zero-order chi connectivity index (χ0) is 28.1. The minimum absolute atomic E-state index is 0.138. The van der Waals surface area contributed by atoms with Gasteiger partial charge in [-0.1, -0.05) is 81.3 Å². The summed E-state index contributed by atoms with van der Waals surface area (Å²) >= 11 is 0. The van der Waals surface area contributed by atoms with Crippen LogP contribution in [0.25, 0.3) is 0 Å². The van der Waals surface area contributed by atoms with Gasteiger partial charge < -0.3 is 9.84 Å². The molecule has 6 rings (SSSR count). The molecule has 0 unspecified atom stereocenters. The van der Waals surface area contributed by atoms with Crippen molar-refractivity contribution < 1.29 is 24.2 Å². The van der Waals surface area contributed by atoms with E-state index in [1.54, 1.807) is 24.3 Å². The normalized spacial score (nSPS) is 39.6. The summed E-state index contributed by atoms with van der Waals surface area (Å²) < 4.78 is 6.44. The average Bonchev–Trinajstić information content (AvgIpc) is 2.84. The minimum atomic E-state index is -2.00. The van der Waals surface area contributed by atoms with Crippen molar-refractivity contribution in [2.75, 3.05) is 6.61 Å². The number of Topliss-reactive ketones (excluding diaryl/α,β-unsaturated/α-hetero) is 3. The van der Waals surface area contributed by atoms with Crippen molar-refractivity contribution >= 4 is 17.3 Å². The second-order valence-corrected chi connectivity index (χ2v) is 14.1. The molecule has 4 aliphatic carbocycles. The Balaban J connectivity index is 1.92. The number of hydrogen-bond acceptors (Lipinski definition) is 5. The maximum absolute atomic E-state index is 15.3. The minimum Gasteiger partial charge on any atom is -0.364 e. The molecule has 0 spiro atoms. The van der Waals surface area contributed by atoms with E-state index in [0.717, 1.165) is 11.1 Å². The van der Waals surface area contributed by atoms with Crippen molar-refractivity contribution in [2.45, 2.75) is 80.4 Å². The van der Waals surface area contributed by atoms with E-state index in [1.165, 1.54) is 0 Å². The first-order valence-electron chi connectivity index (χ1n) is 13.9. The lowest BCUT2D eigenvalue weighted by atomic mass is 9.23. The first kappa shape index (κ1) is 27.2. The number of ether oxygens (including phenoxy) is 1. The highest BCUT2D eigenvalue weighted by Gasteiger charge is 2.93. The van der Waals surface area contributed by atoms with E-state index in [1.807, 2.05) is 59.8 Å². The van der Waals surface area contributed by atoms with Crippen LogP contribution in [-0.2, 0) is 14.3 Å². The van der Waals surface area contributed by atoms with E-state index in [-0.39, 0.29) is 31.3 Å². The zero-order valence-corrected chi connectivity index (χ0v) is 24.1. The average molecular weight is 519 g/mol. The fraction of sp³-hybridized carbons (Fsp3) is 0.606. The van der Waals surface area contributed by atoms with Gasteiger partial charge in [-0.2, -0.15) is 0 Å². The number of hydrogen-bond donors (Lipinski definition) is 1. The molecule has 1 aromatic rings. The lowest BCUT2D eigenvalue weighted by Gasteiger charge is -2.80. The first-order chi connectivity index (χ1) is 17.6. The molecule has 5 nitrogen and oxygen atoms in total. The number of allylic oxidation sites excluding steroid dienone is 4. The second-order valence-electron chi connectivity index (χ2n) is 14.1. The molecule has 1 saturated heterocycles. The Morgan fingerprint density at radius 3 is 2.11 bits per heavy atom. The van der Waals surface area contributed by atoms with Crippen molar-refractivity contribution in [3.05, 3.63) is 59.2 Å². The monoisotopic (exact) mass is 518 g/mol. The van der Waals surface area contributed by atoms with Crippen LogP contribution in [0, 0.1) is 38.9 Å². The number of carbonyl (C=O) groups is 3. The molecule has 1 heterocycles. The van der Waals surface area contributed by atoms with Gasteiger partial charge in [0.2, 0.25) is 0 Å². The van der Waals surface area contributed by atoms with Crippen molar-refractivity contribution in [3.8, 4) is 0 Å². The van der Waals surface area contributed by atoms with Crippen LogP contribution < -0.4 is 0 Å². The fourth-order valence-corrected chi connectivity index (χ4v) is 9.07. The molecule has 0 amide bonds. The first-order valence-corrected chi connectivity index (χ1v) is 13.9. The summed E-state index contributed by atoms with van der Waals surface area (Å²) in [4.78, 5) is 45.1. The molecule has 6 atom stereocenters. The second kappa shape index (κ2) is 8.08. The molecular formula is C33H42O5. The fourth-order valence-electron chi connectivity index (χ4n) is 9.07. The quantitative estimate of drug-likeness (QED) is 0.279. The predicted molar refractivity (Wildman–Crippen MR) is 146 cm³/mol. The van der Waals surface area contributed by atoms with E-state index in [0.29, 0.717) is 12.0 Å². The molecule has 5 heteroatoms. The summed E-state index contributed by atoms with van der Waals surface area (Å²) in [6, 6.07) is 8.74. The smallest absolute Gasteiger partial charge is 0.191 e. The van der Waals surface area contributed by atoms with Gasteiger partial charge in [0.1, 0.15) is 0 Å². The topological polar surface area (TPSA) is 80.7 Å². The maximum Gasteiger partial charge on any atom is 0.191 e. The summed E-state index contributed by atoms with van der Waals surface area (Å²) in [5.74, 6) is -3.74. The van der Waals surface area contributed by atoms with E-state index in [2.05, 4.69) is 13.8 Å². The van der Waals surface area contributed by atoms with E-state index in [4.69, 9.17) is 4.74 Å². The van der Waals surface area contributed by atoms with Gasteiger partial charge in [0.15, 0.2) is 28.6 Å². The third-order valence-electron chi connectivity index (χ3n) is 10.7. The summed E-state index contributed by atoms with van der Waals surface area (Å²) in [7, 11) is 0. The predicted octanol–water partition coefficient (Wildman–Crippen LogP) is 6.11. The van der Waals surface area contributed by atoms with Crippen molar-refractivity contribution in [1.29, 1.82) is 0 Å². The van der Waals surface area contributed by atoms with Crippen molar-refractivity contribution in [2.24, 2.45) is 38.9 Å². The Morgan fingerprint density at radius 1 is 0.947 bits per heavy atom. The Morgan fingerprint density at radius 2 is 1.53 bits per heavy atom.